The Balaban J connectivity index is 1.54. The van der Waals surface area contributed by atoms with Gasteiger partial charge in [-0.15, -0.1) is 0 Å². The van der Waals surface area contributed by atoms with Gasteiger partial charge in [-0.3, -0.25) is 4.79 Å². The molecule has 0 aliphatic heterocycles. The van der Waals surface area contributed by atoms with Crippen molar-refractivity contribution in [3.63, 3.8) is 0 Å². The molecule has 0 radical (unpaired) electrons. The number of amides is 1. The first-order valence-electron chi connectivity index (χ1n) is 12.8. The van der Waals surface area contributed by atoms with E-state index in [-0.39, 0.29) is 33.6 Å². The molecule has 0 fully saturated rings. The van der Waals surface area contributed by atoms with Crippen LogP contribution in [0.2, 0.25) is 0 Å². The highest BCUT2D eigenvalue weighted by atomic mass is 32.2. The van der Waals surface area contributed by atoms with Crippen molar-refractivity contribution in [3.8, 4) is 28.7 Å². The highest BCUT2D eigenvalue weighted by Crippen LogP contribution is 2.37. The van der Waals surface area contributed by atoms with E-state index in [1.165, 1.54) is 36.4 Å². The van der Waals surface area contributed by atoms with E-state index in [9.17, 15) is 26.4 Å². The number of nitrogens with zero attached hydrogens (tertiary/aromatic N) is 1. The molecule has 0 aliphatic carbocycles. The Morgan fingerprint density at radius 3 is 2.17 bits per heavy atom. The monoisotopic (exact) mass is 593 g/mol. The summed E-state index contributed by atoms with van der Waals surface area (Å²) >= 11 is 0. The van der Waals surface area contributed by atoms with Gasteiger partial charge in [0, 0.05) is 12.1 Å². The molecule has 0 saturated heterocycles. The number of carbonyl (C=O) groups is 1. The molecule has 4 aromatic carbocycles. The zero-order chi connectivity index (χ0) is 30.5. The van der Waals surface area contributed by atoms with Gasteiger partial charge in [0.15, 0.2) is 5.75 Å². The molecule has 0 saturated carbocycles. The number of halogens is 3. The highest BCUT2D eigenvalue weighted by molar-refractivity contribution is 7.89. The normalized spacial score (nSPS) is 11.6. The van der Waals surface area contributed by atoms with Crippen molar-refractivity contribution in [1.29, 1.82) is 5.26 Å². The van der Waals surface area contributed by atoms with Gasteiger partial charge in [-0.25, -0.2) is 13.1 Å². The summed E-state index contributed by atoms with van der Waals surface area (Å²) in [7, 11) is -3.64. The number of sulfonamides is 1. The standard InChI is InChI=1S/C31H26F3N3O4S/c1-20(2)19-36-42(39,40)27-13-10-23(11-14-27)22-6-8-24(9-7-22)30(38)37-28-17-25(31(32,33)34)12-15-29(28)41-26-5-3-4-21(16-26)18-35/h3-17,20,36H,19H2,1-2H3,(H,37,38). The second kappa shape index (κ2) is 12.5. The van der Waals surface area contributed by atoms with Gasteiger partial charge in [-0.2, -0.15) is 18.4 Å². The fourth-order valence-corrected chi connectivity index (χ4v) is 5.06. The number of ether oxygens (including phenoxy) is 1. The van der Waals surface area contributed by atoms with E-state index >= 15 is 0 Å². The lowest BCUT2D eigenvalue weighted by molar-refractivity contribution is -0.137. The van der Waals surface area contributed by atoms with Crippen LogP contribution >= 0.6 is 0 Å². The Labute approximate surface area is 241 Å². The molecule has 0 atom stereocenters. The Morgan fingerprint density at radius 2 is 1.57 bits per heavy atom. The molecule has 2 N–H and O–H groups in total. The van der Waals surface area contributed by atoms with Crippen LogP contribution in [0.25, 0.3) is 11.1 Å². The van der Waals surface area contributed by atoms with E-state index in [0.29, 0.717) is 23.2 Å². The maximum atomic E-state index is 13.4. The largest absolute Gasteiger partial charge is 0.455 e. The minimum absolute atomic E-state index is 0.0408. The smallest absolute Gasteiger partial charge is 0.416 e. The molecule has 4 rings (SSSR count). The van der Waals surface area contributed by atoms with Crippen molar-refractivity contribution >= 4 is 21.6 Å². The summed E-state index contributed by atoms with van der Waals surface area (Å²) < 4.78 is 73.4. The topological polar surface area (TPSA) is 108 Å². The van der Waals surface area contributed by atoms with Crippen LogP contribution in [-0.4, -0.2) is 20.9 Å². The average molecular weight is 594 g/mol. The molecule has 11 heteroatoms. The van der Waals surface area contributed by atoms with Crippen molar-refractivity contribution in [2.75, 3.05) is 11.9 Å². The summed E-state index contributed by atoms with van der Waals surface area (Å²) in [6, 6.07) is 23.3. The second-order valence-corrected chi connectivity index (χ2v) is 11.5. The van der Waals surface area contributed by atoms with Gasteiger partial charge in [0.2, 0.25) is 10.0 Å². The Kier molecular flexibility index (Phi) is 8.99. The first kappa shape index (κ1) is 30.3. The Bertz CT molecular complexity index is 1730. The average Bonchev–Trinajstić information content (AvgIpc) is 2.96. The van der Waals surface area contributed by atoms with Crippen LogP contribution in [-0.2, 0) is 16.2 Å². The van der Waals surface area contributed by atoms with Crippen LogP contribution in [0.5, 0.6) is 11.5 Å². The van der Waals surface area contributed by atoms with Crippen LogP contribution in [0, 0.1) is 17.2 Å². The Hall–Kier alpha value is -4.66. The SMILES string of the molecule is CC(C)CNS(=O)(=O)c1ccc(-c2ccc(C(=O)Nc3cc(C(F)(F)F)ccc3Oc3cccc(C#N)c3)cc2)cc1. The molecular weight excluding hydrogens is 567 g/mol. The molecule has 7 nitrogen and oxygen atoms in total. The molecular formula is C31H26F3N3O4S. The third kappa shape index (κ3) is 7.54. The van der Waals surface area contributed by atoms with Gasteiger partial charge in [-0.1, -0.05) is 44.2 Å². The summed E-state index contributed by atoms with van der Waals surface area (Å²) in [4.78, 5) is 13.2. The number of benzene rings is 4. The fraction of sp³-hybridized carbons (Fsp3) is 0.161. The van der Waals surface area contributed by atoms with Gasteiger partial charge in [0.05, 0.1) is 27.8 Å². The molecule has 0 unspecified atom stereocenters. The van der Waals surface area contributed by atoms with Gasteiger partial charge in [0.25, 0.3) is 5.91 Å². The number of hydrogen-bond donors (Lipinski definition) is 2. The van der Waals surface area contributed by atoms with Gasteiger partial charge >= 0.3 is 6.18 Å². The van der Waals surface area contributed by atoms with Crippen LogP contribution in [0.3, 0.4) is 0 Å². The highest BCUT2D eigenvalue weighted by Gasteiger charge is 2.31. The van der Waals surface area contributed by atoms with E-state index in [4.69, 9.17) is 10.00 Å². The van der Waals surface area contributed by atoms with Crippen LogP contribution in [0.4, 0.5) is 18.9 Å². The molecule has 216 valence electrons. The third-order valence-electron chi connectivity index (χ3n) is 6.07. The predicted octanol–water partition coefficient (Wildman–Crippen LogP) is 7.22. The number of anilines is 1. The minimum Gasteiger partial charge on any atom is -0.455 e. The maximum absolute atomic E-state index is 13.4. The van der Waals surface area contributed by atoms with Crippen LogP contribution < -0.4 is 14.8 Å². The van der Waals surface area contributed by atoms with Crippen molar-refractivity contribution in [3.05, 3.63) is 108 Å². The summed E-state index contributed by atoms with van der Waals surface area (Å²) in [6.45, 7) is 4.12. The summed E-state index contributed by atoms with van der Waals surface area (Å²) in [5, 5.41) is 11.6. The third-order valence-corrected chi connectivity index (χ3v) is 7.51. The lowest BCUT2D eigenvalue weighted by atomic mass is 10.0. The Morgan fingerprint density at radius 1 is 0.929 bits per heavy atom. The minimum atomic E-state index is -4.65. The van der Waals surface area contributed by atoms with Gasteiger partial charge in [-0.05, 0) is 77.7 Å². The first-order valence-corrected chi connectivity index (χ1v) is 14.2. The number of nitrogens with one attached hydrogen (secondary N) is 2. The molecule has 42 heavy (non-hydrogen) atoms. The van der Waals surface area contributed by atoms with Crippen LogP contribution in [0.1, 0.15) is 35.3 Å². The number of nitriles is 1. The van der Waals surface area contributed by atoms with E-state index < -0.39 is 27.7 Å². The maximum Gasteiger partial charge on any atom is 0.416 e. The van der Waals surface area contributed by atoms with Gasteiger partial charge < -0.3 is 10.1 Å². The fourth-order valence-electron chi connectivity index (χ4n) is 3.84. The van der Waals surface area contributed by atoms with Crippen molar-refractivity contribution in [2.45, 2.75) is 24.9 Å². The lowest BCUT2D eigenvalue weighted by Crippen LogP contribution is -2.27. The number of alkyl halides is 3. The summed E-state index contributed by atoms with van der Waals surface area (Å²) in [6.07, 6.45) is -4.65. The van der Waals surface area contributed by atoms with Crippen molar-refractivity contribution in [2.24, 2.45) is 5.92 Å². The quantitative estimate of drug-likeness (QED) is 0.213. The van der Waals surface area contributed by atoms with Crippen molar-refractivity contribution in [1.82, 2.24) is 4.72 Å². The molecule has 0 bridgehead atoms. The summed E-state index contributed by atoms with van der Waals surface area (Å²) in [5.41, 5.74) is 0.694. The second-order valence-electron chi connectivity index (χ2n) is 9.75. The molecule has 0 heterocycles. The molecule has 1 amide bonds. The zero-order valence-corrected chi connectivity index (χ0v) is 23.4. The van der Waals surface area contributed by atoms with E-state index in [1.54, 1.807) is 36.4 Å². The van der Waals surface area contributed by atoms with Crippen molar-refractivity contribution < 1.29 is 31.1 Å². The first-order chi connectivity index (χ1) is 19.9. The predicted molar refractivity (Wildman–Crippen MR) is 153 cm³/mol. The van der Waals surface area contributed by atoms with Gasteiger partial charge in [0.1, 0.15) is 5.75 Å². The van der Waals surface area contributed by atoms with E-state index in [2.05, 4.69) is 10.0 Å². The lowest BCUT2D eigenvalue weighted by Gasteiger charge is -2.15. The number of carbonyl (C=O) groups excluding carboxylic acids is 1. The molecule has 0 aromatic heterocycles. The van der Waals surface area contributed by atoms with E-state index in [1.807, 2.05) is 19.9 Å². The van der Waals surface area contributed by atoms with E-state index in [0.717, 1.165) is 18.2 Å². The number of rotatable bonds is 9. The summed E-state index contributed by atoms with van der Waals surface area (Å²) in [5.74, 6) is -0.345. The number of hydrogen-bond acceptors (Lipinski definition) is 5. The molecule has 0 aliphatic rings. The zero-order valence-electron chi connectivity index (χ0n) is 22.6. The molecule has 4 aromatic rings. The van der Waals surface area contributed by atoms with Crippen LogP contribution in [0.15, 0.2) is 95.9 Å². The molecule has 0 spiro atoms.